The first-order chi connectivity index (χ1) is 6.50. The number of anilines is 1. The molecule has 1 aromatic rings. The first-order valence-electron chi connectivity index (χ1n) is 4.16. The SMILES string of the molecule is CC(C)S(=O)Nc1ccc(O)c(F)c1. The number of phenols is 1. The van der Waals surface area contributed by atoms with Crippen molar-refractivity contribution in [3.05, 3.63) is 24.0 Å². The van der Waals surface area contributed by atoms with Crippen molar-refractivity contribution in [3.8, 4) is 5.75 Å². The Morgan fingerprint density at radius 1 is 1.50 bits per heavy atom. The van der Waals surface area contributed by atoms with Gasteiger partial charge in [0.25, 0.3) is 0 Å². The summed E-state index contributed by atoms with van der Waals surface area (Å²) in [5.74, 6) is -1.14. The van der Waals surface area contributed by atoms with Crippen LogP contribution >= 0.6 is 0 Å². The number of phenolic OH excluding ortho intramolecular Hbond substituents is 1. The van der Waals surface area contributed by atoms with E-state index in [2.05, 4.69) is 4.72 Å². The van der Waals surface area contributed by atoms with Gasteiger partial charge in [-0.1, -0.05) is 0 Å². The molecule has 0 fully saturated rings. The molecular weight excluding hydrogens is 205 g/mol. The van der Waals surface area contributed by atoms with E-state index in [4.69, 9.17) is 5.11 Å². The Hall–Kier alpha value is -1.10. The first-order valence-corrected chi connectivity index (χ1v) is 5.37. The van der Waals surface area contributed by atoms with E-state index < -0.39 is 22.6 Å². The molecule has 2 N–H and O–H groups in total. The summed E-state index contributed by atoms with van der Waals surface area (Å²) in [6, 6.07) is 3.80. The Bertz CT molecular complexity index is 355. The van der Waals surface area contributed by atoms with E-state index in [1.54, 1.807) is 13.8 Å². The fourth-order valence-corrected chi connectivity index (χ4v) is 1.40. The van der Waals surface area contributed by atoms with Gasteiger partial charge in [0.1, 0.15) is 11.0 Å². The average molecular weight is 217 g/mol. The van der Waals surface area contributed by atoms with Gasteiger partial charge in [-0.05, 0) is 26.0 Å². The van der Waals surface area contributed by atoms with E-state index in [1.807, 2.05) is 0 Å². The molecule has 0 amide bonds. The molecule has 0 aliphatic heterocycles. The van der Waals surface area contributed by atoms with E-state index in [0.29, 0.717) is 5.69 Å². The molecule has 0 radical (unpaired) electrons. The lowest BCUT2D eigenvalue weighted by Crippen LogP contribution is -2.14. The first kappa shape index (κ1) is 11.0. The summed E-state index contributed by atoms with van der Waals surface area (Å²) in [5, 5.41) is 8.86. The maximum Gasteiger partial charge on any atom is 0.166 e. The maximum absolute atomic E-state index is 12.8. The van der Waals surface area contributed by atoms with E-state index in [-0.39, 0.29) is 5.25 Å². The average Bonchev–Trinajstić information content (AvgIpc) is 2.11. The third-order valence-electron chi connectivity index (χ3n) is 1.59. The number of benzene rings is 1. The van der Waals surface area contributed by atoms with Gasteiger partial charge in [0.15, 0.2) is 11.6 Å². The van der Waals surface area contributed by atoms with Crippen LogP contribution < -0.4 is 4.72 Å². The van der Waals surface area contributed by atoms with Crippen LogP contribution in [0.2, 0.25) is 0 Å². The van der Waals surface area contributed by atoms with Gasteiger partial charge in [0.05, 0.1) is 0 Å². The molecule has 0 saturated heterocycles. The van der Waals surface area contributed by atoms with Gasteiger partial charge in [-0.2, -0.15) is 0 Å². The molecule has 78 valence electrons. The number of hydrogen-bond donors (Lipinski definition) is 2. The molecule has 1 atom stereocenters. The highest BCUT2D eigenvalue weighted by Crippen LogP contribution is 2.19. The molecule has 0 aromatic heterocycles. The van der Waals surface area contributed by atoms with Crippen LogP contribution in [0.3, 0.4) is 0 Å². The zero-order chi connectivity index (χ0) is 10.7. The maximum atomic E-state index is 12.8. The molecule has 0 bridgehead atoms. The molecule has 3 nitrogen and oxygen atoms in total. The Kier molecular flexibility index (Phi) is 3.46. The van der Waals surface area contributed by atoms with E-state index in [0.717, 1.165) is 6.07 Å². The normalized spacial score (nSPS) is 12.9. The molecule has 0 spiro atoms. The van der Waals surface area contributed by atoms with Crippen LogP contribution in [0.4, 0.5) is 10.1 Å². The third-order valence-corrected chi connectivity index (χ3v) is 2.89. The second kappa shape index (κ2) is 4.41. The van der Waals surface area contributed by atoms with Crippen molar-refractivity contribution in [1.82, 2.24) is 0 Å². The molecule has 1 aromatic carbocycles. The van der Waals surface area contributed by atoms with Crippen LogP contribution in [0.15, 0.2) is 18.2 Å². The van der Waals surface area contributed by atoms with Gasteiger partial charge >= 0.3 is 0 Å². The Balaban J connectivity index is 2.78. The molecule has 1 rings (SSSR count). The van der Waals surface area contributed by atoms with E-state index in [9.17, 15) is 8.60 Å². The zero-order valence-electron chi connectivity index (χ0n) is 7.95. The van der Waals surface area contributed by atoms with Crippen molar-refractivity contribution in [2.24, 2.45) is 0 Å². The minimum atomic E-state index is -1.24. The van der Waals surface area contributed by atoms with Crippen molar-refractivity contribution in [3.63, 3.8) is 0 Å². The Labute approximate surface area is 84.5 Å². The van der Waals surface area contributed by atoms with E-state index >= 15 is 0 Å². The highest BCUT2D eigenvalue weighted by molar-refractivity contribution is 7.86. The minimum Gasteiger partial charge on any atom is -0.505 e. The summed E-state index contributed by atoms with van der Waals surface area (Å²) in [4.78, 5) is 0. The second-order valence-electron chi connectivity index (χ2n) is 3.11. The number of hydrogen-bond acceptors (Lipinski definition) is 2. The predicted molar refractivity (Wildman–Crippen MR) is 55.0 cm³/mol. The summed E-state index contributed by atoms with van der Waals surface area (Å²) < 4.78 is 26.8. The number of nitrogens with one attached hydrogen (secondary N) is 1. The van der Waals surface area contributed by atoms with Gasteiger partial charge in [0.2, 0.25) is 0 Å². The smallest absolute Gasteiger partial charge is 0.166 e. The molecule has 0 saturated carbocycles. The van der Waals surface area contributed by atoms with Gasteiger partial charge in [-0.25, -0.2) is 8.60 Å². The molecule has 5 heteroatoms. The summed E-state index contributed by atoms with van der Waals surface area (Å²) in [7, 11) is -1.24. The van der Waals surface area contributed by atoms with Crippen LogP contribution in [0.5, 0.6) is 5.75 Å². The quantitative estimate of drug-likeness (QED) is 0.761. The zero-order valence-corrected chi connectivity index (χ0v) is 8.77. The Morgan fingerprint density at radius 2 is 2.14 bits per heavy atom. The monoisotopic (exact) mass is 217 g/mol. The third kappa shape index (κ3) is 2.70. The van der Waals surface area contributed by atoms with Crippen molar-refractivity contribution >= 4 is 16.7 Å². The van der Waals surface area contributed by atoms with Crippen LogP contribution in [-0.4, -0.2) is 14.6 Å². The van der Waals surface area contributed by atoms with Crippen molar-refractivity contribution in [2.75, 3.05) is 4.72 Å². The predicted octanol–water partition coefficient (Wildman–Crippen LogP) is 2.02. The van der Waals surface area contributed by atoms with Crippen LogP contribution in [0.1, 0.15) is 13.8 Å². The lowest BCUT2D eigenvalue weighted by atomic mass is 10.3. The van der Waals surface area contributed by atoms with Crippen LogP contribution in [-0.2, 0) is 11.0 Å². The van der Waals surface area contributed by atoms with Gasteiger partial charge in [0, 0.05) is 17.0 Å². The molecule has 0 aliphatic rings. The number of rotatable bonds is 3. The number of aromatic hydroxyl groups is 1. The highest BCUT2D eigenvalue weighted by atomic mass is 32.2. The minimum absolute atomic E-state index is 0.0492. The van der Waals surface area contributed by atoms with Crippen LogP contribution in [0.25, 0.3) is 0 Å². The molecule has 0 heterocycles. The molecule has 14 heavy (non-hydrogen) atoms. The summed E-state index contributed by atoms with van der Waals surface area (Å²) >= 11 is 0. The standard InChI is InChI=1S/C9H12FNO2S/c1-6(2)14(13)11-7-3-4-9(12)8(10)5-7/h3-6,11-12H,1-2H3. The Morgan fingerprint density at radius 3 is 2.64 bits per heavy atom. The van der Waals surface area contributed by atoms with Gasteiger partial charge in [-0.3, -0.25) is 0 Å². The second-order valence-corrected chi connectivity index (χ2v) is 4.86. The van der Waals surface area contributed by atoms with E-state index in [1.165, 1.54) is 12.1 Å². The van der Waals surface area contributed by atoms with Crippen LogP contribution in [0, 0.1) is 5.82 Å². The van der Waals surface area contributed by atoms with Gasteiger partial charge < -0.3 is 9.83 Å². The summed E-state index contributed by atoms with van der Waals surface area (Å²) in [5.41, 5.74) is 0.396. The fraction of sp³-hybridized carbons (Fsp3) is 0.333. The van der Waals surface area contributed by atoms with Gasteiger partial charge in [-0.15, -0.1) is 0 Å². The topological polar surface area (TPSA) is 49.3 Å². The molecule has 1 unspecified atom stereocenters. The number of halogens is 1. The lowest BCUT2D eigenvalue weighted by Gasteiger charge is -2.08. The highest BCUT2D eigenvalue weighted by Gasteiger charge is 2.06. The van der Waals surface area contributed by atoms with Crippen molar-refractivity contribution in [2.45, 2.75) is 19.1 Å². The largest absolute Gasteiger partial charge is 0.505 e. The van der Waals surface area contributed by atoms with Crippen molar-refractivity contribution in [1.29, 1.82) is 0 Å². The fourth-order valence-electron chi connectivity index (χ4n) is 0.804. The lowest BCUT2D eigenvalue weighted by molar-refractivity contribution is 0.432. The van der Waals surface area contributed by atoms with Crippen molar-refractivity contribution < 1.29 is 13.7 Å². The summed E-state index contributed by atoms with van der Waals surface area (Å²) in [6.45, 7) is 3.58. The summed E-state index contributed by atoms with van der Waals surface area (Å²) in [6.07, 6.45) is 0. The molecular formula is C9H12FNO2S. The molecule has 0 aliphatic carbocycles.